The monoisotopic (exact) mass is 359 g/mol. The van der Waals surface area contributed by atoms with Crippen LogP contribution in [0.4, 0.5) is 14.5 Å². The van der Waals surface area contributed by atoms with Crippen molar-refractivity contribution in [3.05, 3.63) is 26.6 Å². The van der Waals surface area contributed by atoms with Crippen molar-refractivity contribution in [1.29, 1.82) is 0 Å². The van der Waals surface area contributed by atoms with E-state index in [1.165, 1.54) is 0 Å². The lowest BCUT2D eigenvalue weighted by molar-refractivity contribution is 0.105. The molecule has 0 radical (unpaired) electrons. The van der Waals surface area contributed by atoms with Crippen LogP contribution in [0.2, 0.25) is 0 Å². The van der Waals surface area contributed by atoms with Gasteiger partial charge >= 0.3 is 0 Å². The van der Waals surface area contributed by atoms with Crippen molar-refractivity contribution in [1.82, 2.24) is 0 Å². The van der Waals surface area contributed by atoms with Crippen LogP contribution in [0.3, 0.4) is 0 Å². The molecule has 1 rings (SSSR count). The summed E-state index contributed by atoms with van der Waals surface area (Å²) in [6.07, 6.45) is -0.985. The quantitative estimate of drug-likeness (QED) is 0.570. The van der Waals surface area contributed by atoms with Crippen molar-refractivity contribution in [2.45, 2.75) is 6.10 Å². The second-order valence-corrected chi connectivity index (χ2v) is 4.65. The van der Waals surface area contributed by atoms with Crippen molar-refractivity contribution in [2.75, 3.05) is 18.5 Å². The van der Waals surface area contributed by atoms with Gasteiger partial charge in [-0.05, 0) is 37.9 Å². The summed E-state index contributed by atoms with van der Waals surface area (Å²) in [6, 6.07) is 1.08. The first-order valence-corrected chi connectivity index (χ1v) is 5.91. The molecule has 0 aromatic heterocycles. The number of hydrogen-bond donors (Lipinski definition) is 3. The summed E-state index contributed by atoms with van der Waals surface area (Å²) >= 11 is 5.72. The molecule has 0 saturated heterocycles. The number of nitrogens with one attached hydrogen (secondary N) is 1. The fourth-order valence-corrected chi connectivity index (χ4v) is 2.03. The normalized spacial score (nSPS) is 12.6. The Hall–Kier alpha value is -0.240. The van der Waals surface area contributed by atoms with Crippen LogP contribution in [0.15, 0.2) is 15.0 Å². The average molecular weight is 361 g/mol. The first-order valence-electron chi connectivity index (χ1n) is 4.33. The van der Waals surface area contributed by atoms with Gasteiger partial charge in [0.15, 0.2) is 5.82 Å². The van der Waals surface area contributed by atoms with E-state index < -0.39 is 24.3 Å². The van der Waals surface area contributed by atoms with Crippen LogP contribution < -0.4 is 5.32 Å². The molecule has 0 saturated carbocycles. The van der Waals surface area contributed by atoms with Gasteiger partial charge in [-0.2, -0.15) is 0 Å². The lowest BCUT2D eigenvalue weighted by Gasteiger charge is -2.13. The van der Waals surface area contributed by atoms with Crippen LogP contribution in [0.5, 0.6) is 0 Å². The van der Waals surface area contributed by atoms with Crippen molar-refractivity contribution >= 4 is 37.5 Å². The van der Waals surface area contributed by atoms with Crippen LogP contribution in [0, 0.1) is 11.6 Å². The third-order valence-electron chi connectivity index (χ3n) is 1.84. The molecule has 0 aliphatic rings. The van der Waals surface area contributed by atoms with Crippen LogP contribution in [0.1, 0.15) is 0 Å². The highest BCUT2D eigenvalue weighted by molar-refractivity contribution is 9.11. The summed E-state index contributed by atoms with van der Waals surface area (Å²) in [6.45, 7) is -0.429. The van der Waals surface area contributed by atoms with E-state index in [4.69, 9.17) is 10.2 Å². The van der Waals surface area contributed by atoms with E-state index in [0.29, 0.717) is 0 Å². The zero-order chi connectivity index (χ0) is 12.3. The number of anilines is 1. The van der Waals surface area contributed by atoms with Crippen LogP contribution in [-0.2, 0) is 0 Å². The van der Waals surface area contributed by atoms with E-state index in [9.17, 15) is 8.78 Å². The van der Waals surface area contributed by atoms with E-state index in [1.54, 1.807) is 0 Å². The molecule has 3 nitrogen and oxygen atoms in total. The Morgan fingerprint density at radius 3 is 2.50 bits per heavy atom. The molecule has 1 atom stereocenters. The summed E-state index contributed by atoms with van der Waals surface area (Å²) in [5.41, 5.74) is 0.172. The Kier molecular flexibility index (Phi) is 5.10. The zero-order valence-corrected chi connectivity index (χ0v) is 11.1. The number of rotatable bonds is 4. The standard InChI is InChI=1S/C9H9Br2F2NO2/c10-7-5(12)1-6(8(11)9(7)13)14-2-4(16)3-15/h1,4,14-16H,2-3H2. The SMILES string of the molecule is OCC(O)CNc1cc(F)c(Br)c(F)c1Br. The van der Waals surface area contributed by atoms with E-state index in [0.717, 1.165) is 6.07 Å². The van der Waals surface area contributed by atoms with Crippen LogP contribution >= 0.6 is 31.9 Å². The Morgan fingerprint density at radius 1 is 1.31 bits per heavy atom. The highest BCUT2D eigenvalue weighted by Gasteiger charge is 2.15. The highest BCUT2D eigenvalue weighted by Crippen LogP contribution is 2.33. The Morgan fingerprint density at radius 2 is 1.94 bits per heavy atom. The van der Waals surface area contributed by atoms with Gasteiger partial charge in [0.05, 0.1) is 27.3 Å². The number of hydrogen-bond acceptors (Lipinski definition) is 3. The molecule has 0 amide bonds. The minimum atomic E-state index is -0.985. The van der Waals surface area contributed by atoms with Gasteiger partial charge in [0.2, 0.25) is 0 Å². The fourth-order valence-electron chi connectivity index (χ4n) is 0.994. The van der Waals surface area contributed by atoms with Crippen molar-refractivity contribution in [3.8, 4) is 0 Å². The van der Waals surface area contributed by atoms with E-state index in [1.807, 2.05) is 0 Å². The second kappa shape index (κ2) is 5.90. The molecule has 3 N–H and O–H groups in total. The first-order chi connectivity index (χ1) is 7.47. The first kappa shape index (κ1) is 13.8. The van der Waals surface area contributed by atoms with E-state index in [2.05, 4.69) is 37.2 Å². The summed E-state index contributed by atoms with van der Waals surface area (Å²) in [7, 11) is 0. The van der Waals surface area contributed by atoms with Crippen LogP contribution in [-0.4, -0.2) is 29.5 Å². The lowest BCUT2D eigenvalue weighted by Crippen LogP contribution is -2.23. The molecular weight excluding hydrogens is 352 g/mol. The minimum Gasteiger partial charge on any atom is -0.394 e. The maximum Gasteiger partial charge on any atom is 0.156 e. The predicted molar refractivity (Wildman–Crippen MR) is 63.3 cm³/mol. The molecule has 0 spiro atoms. The van der Waals surface area contributed by atoms with Gasteiger partial charge in [-0.15, -0.1) is 0 Å². The molecule has 0 aliphatic heterocycles. The molecule has 0 aliphatic carbocycles. The number of halogens is 4. The third-order valence-corrected chi connectivity index (χ3v) is 3.34. The Labute approximate surface area is 108 Å². The largest absolute Gasteiger partial charge is 0.394 e. The van der Waals surface area contributed by atoms with Gasteiger partial charge in [0.25, 0.3) is 0 Å². The summed E-state index contributed by atoms with van der Waals surface area (Å²) in [4.78, 5) is 0. The number of benzene rings is 1. The highest BCUT2D eigenvalue weighted by atomic mass is 79.9. The van der Waals surface area contributed by atoms with Gasteiger partial charge in [-0.25, -0.2) is 8.78 Å². The van der Waals surface area contributed by atoms with E-state index in [-0.39, 0.29) is 21.2 Å². The topological polar surface area (TPSA) is 52.5 Å². The molecule has 0 bridgehead atoms. The summed E-state index contributed by atoms with van der Waals surface area (Å²) < 4.78 is 26.3. The number of aliphatic hydroxyl groups excluding tert-OH is 2. The van der Waals surface area contributed by atoms with Gasteiger partial charge in [-0.3, -0.25) is 0 Å². The van der Waals surface area contributed by atoms with Crippen LogP contribution in [0.25, 0.3) is 0 Å². The molecule has 90 valence electrons. The molecule has 1 aromatic carbocycles. The lowest BCUT2D eigenvalue weighted by atomic mass is 10.3. The Bertz CT molecular complexity index is 390. The third kappa shape index (κ3) is 3.13. The van der Waals surface area contributed by atoms with Gasteiger partial charge in [0.1, 0.15) is 5.82 Å². The zero-order valence-electron chi connectivity index (χ0n) is 7.98. The maximum atomic E-state index is 13.4. The van der Waals surface area contributed by atoms with Gasteiger partial charge in [0, 0.05) is 6.54 Å². The van der Waals surface area contributed by atoms with Gasteiger partial charge < -0.3 is 15.5 Å². The minimum absolute atomic E-state index is 0.00435. The summed E-state index contributed by atoms with van der Waals surface area (Å²) in [5.74, 6) is -1.51. The molecule has 1 unspecified atom stereocenters. The van der Waals surface area contributed by atoms with Crippen molar-refractivity contribution in [3.63, 3.8) is 0 Å². The smallest absolute Gasteiger partial charge is 0.156 e. The van der Waals surface area contributed by atoms with Gasteiger partial charge in [-0.1, -0.05) is 0 Å². The van der Waals surface area contributed by atoms with Crippen molar-refractivity contribution < 1.29 is 19.0 Å². The fraction of sp³-hybridized carbons (Fsp3) is 0.333. The van der Waals surface area contributed by atoms with Crippen molar-refractivity contribution in [2.24, 2.45) is 0 Å². The molecule has 16 heavy (non-hydrogen) atoms. The molecule has 0 heterocycles. The predicted octanol–water partition coefficient (Wildman–Crippen LogP) is 2.25. The molecular formula is C9H9Br2F2NO2. The maximum absolute atomic E-state index is 13.4. The Balaban J connectivity index is 2.89. The van der Waals surface area contributed by atoms with E-state index >= 15 is 0 Å². The summed E-state index contributed by atoms with van der Waals surface area (Å²) in [5, 5.41) is 20.3. The second-order valence-electron chi connectivity index (χ2n) is 3.07. The molecule has 0 fully saturated rings. The molecule has 7 heteroatoms. The average Bonchev–Trinajstić information content (AvgIpc) is 2.28. The number of aliphatic hydroxyl groups is 2. The molecule has 1 aromatic rings.